The number of carbonyl (C=O) groups is 1. The van der Waals surface area contributed by atoms with Gasteiger partial charge in [0.1, 0.15) is 6.54 Å². The minimum absolute atomic E-state index is 0.307. The molecule has 0 bridgehead atoms. The van der Waals surface area contributed by atoms with Crippen LogP contribution in [0.2, 0.25) is 0 Å². The van der Waals surface area contributed by atoms with Gasteiger partial charge < -0.3 is 14.8 Å². The molecule has 1 amide bonds. The Morgan fingerprint density at radius 1 is 1.07 bits per heavy atom. The van der Waals surface area contributed by atoms with Crippen molar-refractivity contribution in [3.63, 3.8) is 0 Å². The lowest BCUT2D eigenvalue weighted by atomic mass is 10.1. The number of ether oxygens (including phenoxy) is 2. The van der Waals surface area contributed by atoms with Crippen molar-refractivity contribution in [3.8, 4) is 11.5 Å². The Balaban J connectivity index is 1.98. The quantitative estimate of drug-likeness (QED) is 0.597. The predicted molar refractivity (Wildman–Crippen MR) is 114 cm³/mol. The van der Waals surface area contributed by atoms with E-state index in [1.54, 1.807) is 12.1 Å². The number of anilines is 1. The minimum atomic E-state index is -3.66. The first-order valence-corrected chi connectivity index (χ1v) is 11.1. The highest BCUT2D eigenvalue weighted by Gasteiger charge is 2.22. The van der Waals surface area contributed by atoms with E-state index in [9.17, 15) is 13.2 Å². The summed E-state index contributed by atoms with van der Waals surface area (Å²) in [5, 5.41) is 2.79. The summed E-state index contributed by atoms with van der Waals surface area (Å²) in [4.78, 5) is 12.3. The van der Waals surface area contributed by atoms with Crippen molar-refractivity contribution in [3.05, 3.63) is 53.6 Å². The molecule has 29 heavy (non-hydrogen) atoms. The zero-order valence-corrected chi connectivity index (χ0v) is 18.1. The zero-order valence-electron chi connectivity index (χ0n) is 17.3. The summed E-state index contributed by atoms with van der Waals surface area (Å²) in [5.74, 6) is 0.497. The molecule has 0 atom stereocenters. The molecule has 2 aromatic carbocycles. The van der Waals surface area contributed by atoms with Gasteiger partial charge in [0.15, 0.2) is 11.5 Å². The number of hydrogen-bond donors (Lipinski definition) is 1. The minimum Gasteiger partial charge on any atom is -0.493 e. The third-order valence-corrected chi connectivity index (χ3v) is 5.53. The topological polar surface area (TPSA) is 84.9 Å². The molecule has 0 saturated heterocycles. The summed E-state index contributed by atoms with van der Waals surface area (Å²) in [6, 6.07) is 12.9. The Hall–Kier alpha value is -2.74. The molecule has 0 aliphatic heterocycles. The van der Waals surface area contributed by atoms with E-state index in [-0.39, 0.29) is 12.5 Å². The number of nitrogens with one attached hydrogen (secondary N) is 1. The van der Waals surface area contributed by atoms with Crippen molar-refractivity contribution in [2.45, 2.75) is 19.8 Å². The average molecular weight is 421 g/mol. The van der Waals surface area contributed by atoms with Gasteiger partial charge in [-0.2, -0.15) is 0 Å². The summed E-state index contributed by atoms with van der Waals surface area (Å²) < 4.78 is 35.9. The Morgan fingerprint density at radius 3 is 2.41 bits per heavy atom. The molecule has 0 aliphatic rings. The number of aryl methyl sites for hydroxylation is 2. The number of benzene rings is 2. The van der Waals surface area contributed by atoms with Crippen molar-refractivity contribution in [2.24, 2.45) is 0 Å². The molecule has 0 aromatic heterocycles. The third kappa shape index (κ3) is 6.67. The van der Waals surface area contributed by atoms with Crippen LogP contribution in [-0.2, 0) is 21.2 Å². The molecular weight excluding hydrogens is 392 g/mol. The molecule has 2 aromatic rings. The van der Waals surface area contributed by atoms with Gasteiger partial charge in [-0.15, -0.1) is 0 Å². The first-order chi connectivity index (χ1) is 13.7. The van der Waals surface area contributed by atoms with Gasteiger partial charge in [-0.1, -0.05) is 29.8 Å². The van der Waals surface area contributed by atoms with Gasteiger partial charge in [-0.3, -0.25) is 9.10 Å². The van der Waals surface area contributed by atoms with Gasteiger partial charge in [0.2, 0.25) is 15.9 Å². The summed E-state index contributed by atoms with van der Waals surface area (Å²) in [5.41, 5.74) is 2.74. The van der Waals surface area contributed by atoms with E-state index >= 15 is 0 Å². The molecule has 8 heteroatoms. The SMILES string of the molecule is COc1ccc(N(CC(=O)NCCCc2cccc(C)c2)S(C)(=O)=O)cc1OC. The predicted octanol–water partition coefficient (Wildman–Crippen LogP) is 2.53. The smallest absolute Gasteiger partial charge is 0.240 e. The number of methoxy groups -OCH3 is 2. The molecule has 0 fully saturated rings. The number of rotatable bonds is 10. The molecule has 0 unspecified atom stereocenters. The van der Waals surface area contributed by atoms with Crippen molar-refractivity contribution in [1.82, 2.24) is 5.32 Å². The highest BCUT2D eigenvalue weighted by atomic mass is 32.2. The lowest BCUT2D eigenvalue weighted by Crippen LogP contribution is -2.40. The maximum absolute atomic E-state index is 12.3. The maximum Gasteiger partial charge on any atom is 0.240 e. The van der Waals surface area contributed by atoms with E-state index in [2.05, 4.69) is 17.4 Å². The summed E-state index contributed by atoms with van der Waals surface area (Å²) in [6.07, 6.45) is 2.67. The van der Waals surface area contributed by atoms with E-state index in [0.717, 1.165) is 23.4 Å². The van der Waals surface area contributed by atoms with Crippen molar-refractivity contribution < 1.29 is 22.7 Å². The second-order valence-electron chi connectivity index (χ2n) is 6.75. The Labute approximate surface area is 172 Å². The number of sulfonamides is 1. The summed E-state index contributed by atoms with van der Waals surface area (Å²) in [7, 11) is -0.698. The lowest BCUT2D eigenvalue weighted by Gasteiger charge is -2.23. The molecule has 0 aliphatic carbocycles. The fraction of sp³-hybridized carbons (Fsp3) is 0.381. The highest BCUT2D eigenvalue weighted by molar-refractivity contribution is 7.92. The van der Waals surface area contributed by atoms with Crippen LogP contribution in [0.5, 0.6) is 11.5 Å². The van der Waals surface area contributed by atoms with Gasteiger partial charge >= 0.3 is 0 Å². The lowest BCUT2D eigenvalue weighted by molar-refractivity contribution is -0.119. The largest absolute Gasteiger partial charge is 0.493 e. The van der Waals surface area contributed by atoms with Crippen molar-refractivity contribution in [2.75, 3.05) is 37.9 Å². The Bertz CT molecular complexity index is 944. The first-order valence-electron chi connectivity index (χ1n) is 9.26. The summed E-state index contributed by atoms with van der Waals surface area (Å²) >= 11 is 0. The maximum atomic E-state index is 12.3. The second kappa shape index (κ2) is 10.2. The van der Waals surface area contributed by atoms with Crippen LogP contribution in [0, 0.1) is 6.92 Å². The summed E-state index contributed by atoms with van der Waals surface area (Å²) in [6.45, 7) is 2.20. The van der Waals surface area contributed by atoms with Gasteiger partial charge in [-0.25, -0.2) is 8.42 Å². The molecule has 1 N–H and O–H groups in total. The van der Waals surface area contributed by atoms with E-state index in [1.165, 1.54) is 31.4 Å². The van der Waals surface area contributed by atoms with Gasteiger partial charge in [0, 0.05) is 12.6 Å². The normalized spacial score (nSPS) is 11.0. The number of carbonyl (C=O) groups excluding carboxylic acids is 1. The van der Waals surface area contributed by atoms with Crippen molar-refractivity contribution >= 4 is 21.6 Å². The molecule has 0 spiro atoms. The molecule has 0 saturated carbocycles. The van der Waals surface area contributed by atoms with Gasteiger partial charge in [-0.05, 0) is 37.5 Å². The number of hydrogen-bond acceptors (Lipinski definition) is 5. The Morgan fingerprint density at radius 2 is 1.79 bits per heavy atom. The van der Waals surface area contributed by atoms with Gasteiger partial charge in [0.25, 0.3) is 0 Å². The molecule has 0 radical (unpaired) electrons. The van der Waals surface area contributed by atoms with Crippen LogP contribution >= 0.6 is 0 Å². The molecule has 158 valence electrons. The molecular formula is C21H28N2O5S. The van der Waals surface area contributed by atoms with E-state index in [4.69, 9.17) is 9.47 Å². The van der Waals surface area contributed by atoms with E-state index < -0.39 is 10.0 Å². The number of amides is 1. The van der Waals surface area contributed by atoms with E-state index in [0.29, 0.717) is 23.7 Å². The van der Waals surface area contributed by atoms with Crippen LogP contribution in [-0.4, -0.2) is 47.9 Å². The van der Waals surface area contributed by atoms with Crippen LogP contribution in [0.15, 0.2) is 42.5 Å². The molecule has 0 heterocycles. The third-order valence-electron chi connectivity index (χ3n) is 4.39. The van der Waals surface area contributed by atoms with Crippen LogP contribution < -0.4 is 19.1 Å². The van der Waals surface area contributed by atoms with E-state index in [1.807, 2.05) is 19.1 Å². The van der Waals surface area contributed by atoms with Gasteiger partial charge in [0.05, 0.1) is 26.2 Å². The first kappa shape index (κ1) is 22.5. The standard InChI is InChI=1S/C21H28N2O5S/c1-16-7-5-8-17(13-16)9-6-12-22-21(24)15-23(29(4,25)26)18-10-11-19(27-2)20(14-18)28-3/h5,7-8,10-11,13-14H,6,9,12,15H2,1-4H3,(H,22,24). The highest BCUT2D eigenvalue weighted by Crippen LogP contribution is 2.32. The van der Waals surface area contributed by atoms with Crippen LogP contribution in [0.25, 0.3) is 0 Å². The second-order valence-corrected chi connectivity index (χ2v) is 8.66. The molecule has 7 nitrogen and oxygen atoms in total. The monoisotopic (exact) mass is 420 g/mol. The average Bonchev–Trinajstić information content (AvgIpc) is 2.68. The fourth-order valence-corrected chi connectivity index (χ4v) is 3.80. The molecule has 2 rings (SSSR count). The fourth-order valence-electron chi connectivity index (χ4n) is 2.95. The zero-order chi connectivity index (χ0) is 21.4. The van der Waals surface area contributed by atoms with Crippen LogP contribution in [0.1, 0.15) is 17.5 Å². The van der Waals surface area contributed by atoms with Crippen molar-refractivity contribution in [1.29, 1.82) is 0 Å². The van der Waals surface area contributed by atoms with Crippen LogP contribution in [0.4, 0.5) is 5.69 Å². The number of nitrogens with zero attached hydrogens (tertiary/aromatic N) is 1. The van der Waals surface area contributed by atoms with Crippen LogP contribution in [0.3, 0.4) is 0 Å². The Kier molecular flexibility index (Phi) is 7.90.